The van der Waals surface area contributed by atoms with Crippen molar-refractivity contribution in [3.8, 4) is 0 Å². The first-order chi connectivity index (χ1) is 13.6. The molecule has 0 aliphatic carbocycles. The summed E-state index contributed by atoms with van der Waals surface area (Å²) >= 11 is 0. The Labute approximate surface area is 181 Å². The molecule has 0 amide bonds. The van der Waals surface area contributed by atoms with E-state index in [1.807, 2.05) is 0 Å². The molecule has 4 nitrogen and oxygen atoms in total. The van der Waals surface area contributed by atoms with Crippen LogP contribution in [0.15, 0.2) is 0 Å². The standard InChI is InChI=1S/C16H32O2.C9H19NO/c1-2-3-4-5-6-7-8-9-10-11-12-13-14-15-16(17)18;1-8(2)5-7(11)6-9(3,4)10-8/h2-15H2,1H3,(H,17,18);7,10-11H,5-6H2,1-4H3. The van der Waals surface area contributed by atoms with Crippen LogP contribution in [0.3, 0.4) is 0 Å². The zero-order chi connectivity index (χ0) is 22.2. The minimum absolute atomic E-state index is 0.0845. The summed E-state index contributed by atoms with van der Waals surface area (Å²) in [5, 5.41) is 21.5. The first-order valence-corrected chi connectivity index (χ1v) is 12.3. The molecular weight excluding hydrogens is 362 g/mol. The summed E-state index contributed by atoms with van der Waals surface area (Å²) in [6.45, 7) is 10.8. The smallest absolute Gasteiger partial charge is 0.303 e. The molecule has 0 bridgehead atoms. The molecule has 0 atom stereocenters. The van der Waals surface area contributed by atoms with E-state index in [4.69, 9.17) is 5.11 Å². The highest BCUT2D eigenvalue weighted by Crippen LogP contribution is 2.28. The third-order valence-corrected chi connectivity index (χ3v) is 5.66. The van der Waals surface area contributed by atoms with E-state index in [9.17, 15) is 9.90 Å². The Morgan fingerprint density at radius 1 is 0.759 bits per heavy atom. The summed E-state index contributed by atoms with van der Waals surface area (Å²) < 4.78 is 0. The van der Waals surface area contributed by atoms with Gasteiger partial charge in [-0.2, -0.15) is 0 Å². The summed E-state index contributed by atoms with van der Waals surface area (Å²) in [6.07, 6.45) is 18.8. The fourth-order valence-electron chi connectivity index (χ4n) is 4.56. The van der Waals surface area contributed by atoms with Gasteiger partial charge in [-0.25, -0.2) is 0 Å². The summed E-state index contributed by atoms with van der Waals surface area (Å²) in [5.41, 5.74) is 0.169. The maximum Gasteiger partial charge on any atom is 0.303 e. The summed E-state index contributed by atoms with van der Waals surface area (Å²) in [7, 11) is 0. The molecule has 1 aliphatic heterocycles. The Balaban J connectivity index is 0.000000604. The number of piperidine rings is 1. The lowest BCUT2D eigenvalue weighted by Crippen LogP contribution is -2.59. The van der Waals surface area contributed by atoms with Crippen LogP contribution in [0, 0.1) is 0 Å². The Hall–Kier alpha value is -0.610. The van der Waals surface area contributed by atoms with Gasteiger partial charge in [-0.3, -0.25) is 4.79 Å². The monoisotopic (exact) mass is 413 g/mol. The molecule has 0 spiro atoms. The Kier molecular flexibility index (Phi) is 15.8. The van der Waals surface area contributed by atoms with Crippen molar-refractivity contribution in [1.29, 1.82) is 0 Å². The van der Waals surface area contributed by atoms with Gasteiger partial charge in [0.15, 0.2) is 0 Å². The number of aliphatic hydroxyl groups is 1. The molecule has 29 heavy (non-hydrogen) atoms. The molecule has 0 aromatic heterocycles. The number of nitrogens with one attached hydrogen (secondary N) is 1. The summed E-state index contributed by atoms with van der Waals surface area (Å²) in [6, 6.07) is 0. The number of carboxylic acid groups (broad SMARTS) is 1. The molecule has 1 rings (SSSR count). The molecule has 0 unspecified atom stereocenters. The van der Waals surface area contributed by atoms with Gasteiger partial charge in [-0.05, 0) is 47.0 Å². The van der Waals surface area contributed by atoms with Crippen molar-refractivity contribution in [2.24, 2.45) is 0 Å². The van der Waals surface area contributed by atoms with Crippen molar-refractivity contribution in [2.45, 2.75) is 155 Å². The number of hydrogen-bond acceptors (Lipinski definition) is 3. The molecule has 3 N–H and O–H groups in total. The van der Waals surface area contributed by atoms with E-state index < -0.39 is 5.97 Å². The van der Waals surface area contributed by atoms with E-state index in [-0.39, 0.29) is 17.2 Å². The lowest BCUT2D eigenvalue weighted by Gasteiger charge is -2.44. The molecule has 0 aromatic rings. The second-order valence-corrected chi connectivity index (χ2v) is 10.3. The van der Waals surface area contributed by atoms with Gasteiger partial charge in [0.25, 0.3) is 0 Å². The number of carboxylic acids is 1. The zero-order valence-electron chi connectivity index (χ0n) is 20.2. The number of aliphatic hydroxyl groups excluding tert-OH is 1. The molecule has 0 radical (unpaired) electrons. The summed E-state index contributed by atoms with van der Waals surface area (Å²) in [4.78, 5) is 10.3. The molecule has 1 saturated heterocycles. The average molecular weight is 414 g/mol. The van der Waals surface area contributed by atoms with Crippen LogP contribution in [0.4, 0.5) is 0 Å². The van der Waals surface area contributed by atoms with Crippen LogP contribution in [0.2, 0.25) is 0 Å². The van der Waals surface area contributed by atoms with E-state index in [2.05, 4.69) is 39.9 Å². The molecular formula is C25H51NO3. The number of carbonyl (C=O) groups is 1. The van der Waals surface area contributed by atoms with Crippen LogP contribution in [0.1, 0.15) is 137 Å². The summed E-state index contributed by atoms with van der Waals surface area (Å²) in [5.74, 6) is -0.655. The molecule has 1 heterocycles. The first kappa shape index (κ1) is 28.4. The predicted molar refractivity (Wildman–Crippen MR) is 124 cm³/mol. The Bertz CT molecular complexity index is 391. The number of hydrogen-bond donors (Lipinski definition) is 3. The predicted octanol–water partition coefficient (Wildman–Crippen LogP) is 6.84. The second-order valence-electron chi connectivity index (χ2n) is 10.3. The van der Waals surface area contributed by atoms with E-state index in [1.54, 1.807) is 0 Å². The van der Waals surface area contributed by atoms with Crippen molar-refractivity contribution < 1.29 is 15.0 Å². The highest BCUT2D eigenvalue weighted by molar-refractivity contribution is 5.66. The van der Waals surface area contributed by atoms with Crippen LogP contribution >= 0.6 is 0 Å². The SMILES string of the molecule is CC1(C)CC(O)CC(C)(C)N1.CCCCCCCCCCCCCCCC(=O)O. The fraction of sp³-hybridized carbons (Fsp3) is 0.960. The first-order valence-electron chi connectivity index (χ1n) is 12.3. The van der Waals surface area contributed by atoms with Crippen molar-refractivity contribution in [3.63, 3.8) is 0 Å². The van der Waals surface area contributed by atoms with Crippen LogP contribution in [0.25, 0.3) is 0 Å². The minimum Gasteiger partial charge on any atom is -0.481 e. The van der Waals surface area contributed by atoms with Gasteiger partial charge in [0.2, 0.25) is 0 Å². The highest BCUT2D eigenvalue weighted by atomic mass is 16.4. The van der Waals surface area contributed by atoms with Gasteiger partial charge < -0.3 is 15.5 Å². The molecule has 1 fully saturated rings. The van der Waals surface area contributed by atoms with Crippen molar-refractivity contribution in [3.05, 3.63) is 0 Å². The van der Waals surface area contributed by atoms with E-state index in [0.29, 0.717) is 6.42 Å². The maximum absolute atomic E-state index is 10.3. The van der Waals surface area contributed by atoms with Crippen LogP contribution < -0.4 is 5.32 Å². The van der Waals surface area contributed by atoms with E-state index >= 15 is 0 Å². The van der Waals surface area contributed by atoms with E-state index in [1.165, 1.54) is 70.6 Å². The fourth-order valence-corrected chi connectivity index (χ4v) is 4.56. The number of rotatable bonds is 14. The van der Waals surface area contributed by atoms with Gasteiger partial charge in [-0.15, -0.1) is 0 Å². The van der Waals surface area contributed by atoms with Crippen LogP contribution in [-0.4, -0.2) is 33.4 Å². The molecule has 1 aliphatic rings. The van der Waals surface area contributed by atoms with E-state index in [0.717, 1.165) is 25.7 Å². The lowest BCUT2D eigenvalue weighted by atomic mass is 9.81. The van der Waals surface area contributed by atoms with Gasteiger partial charge >= 0.3 is 5.97 Å². The van der Waals surface area contributed by atoms with Crippen molar-refractivity contribution in [1.82, 2.24) is 5.32 Å². The van der Waals surface area contributed by atoms with Crippen LogP contribution in [-0.2, 0) is 4.79 Å². The molecule has 4 heteroatoms. The van der Waals surface area contributed by atoms with Gasteiger partial charge in [0.05, 0.1) is 6.10 Å². The van der Waals surface area contributed by atoms with Gasteiger partial charge in [0.1, 0.15) is 0 Å². The molecule has 174 valence electrons. The molecule has 0 aromatic carbocycles. The quantitative estimate of drug-likeness (QED) is 0.273. The topological polar surface area (TPSA) is 69.6 Å². The minimum atomic E-state index is -0.655. The molecule has 0 saturated carbocycles. The number of aliphatic carboxylic acids is 1. The maximum atomic E-state index is 10.3. The van der Waals surface area contributed by atoms with Gasteiger partial charge in [0, 0.05) is 17.5 Å². The second kappa shape index (κ2) is 16.1. The van der Waals surface area contributed by atoms with Gasteiger partial charge in [-0.1, -0.05) is 84.0 Å². The largest absolute Gasteiger partial charge is 0.481 e. The van der Waals surface area contributed by atoms with Crippen molar-refractivity contribution >= 4 is 5.97 Å². The normalized spacial score (nSPS) is 18.1. The number of unbranched alkanes of at least 4 members (excludes halogenated alkanes) is 12. The third-order valence-electron chi connectivity index (χ3n) is 5.66. The Morgan fingerprint density at radius 2 is 1.10 bits per heavy atom. The highest BCUT2D eigenvalue weighted by Gasteiger charge is 2.36. The van der Waals surface area contributed by atoms with Crippen molar-refractivity contribution in [2.75, 3.05) is 0 Å². The lowest BCUT2D eigenvalue weighted by molar-refractivity contribution is -0.137. The van der Waals surface area contributed by atoms with Crippen LogP contribution in [0.5, 0.6) is 0 Å². The average Bonchev–Trinajstić information content (AvgIpc) is 2.56. The Morgan fingerprint density at radius 3 is 1.41 bits per heavy atom. The third kappa shape index (κ3) is 19.1. The zero-order valence-corrected chi connectivity index (χ0v) is 20.2.